The van der Waals surface area contributed by atoms with Crippen molar-refractivity contribution in [2.45, 2.75) is 96.8 Å². The Kier molecular flexibility index (Phi) is 19.2. The van der Waals surface area contributed by atoms with Gasteiger partial charge in [-0.15, -0.1) is 0 Å². The van der Waals surface area contributed by atoms with Crippen LogP contribution in [0.2, 0.25) is 0 Å². The average molecular weight is 343 g/mol. The van der Waals surface area contributed by atoms with Crippen molar-refractivity contribution in [2.75, 3.05) is 12.4 Å². The molecule has 0 radical (unpaired) electrons. The first kappa shape index (κ1) is 22.6. The molecule has 0 amide bonds. The largest absolute Gasteiger partial charge is 0.465 e. The second-order valence-electron chi connectivity index (χ2n) is 6.30. The van der Waals surface area contributed by atoms with E-state index in [1.165, 1.54) is 77.0 Å². The van der Waals surface area contributed by atoms with Crippen LogP contribution in [0.1, 0.15) is 96.8 Å². The lowest BCUT2D eigenvalue weighted by atomic mass is 10.0. The second kappa shape index (κ2) is 19.6. The van der Waals surface area contributed by atoms with E-state index in [0.29, 0.717) is 18.8 Å². The van der Waals surface area contributed by atoms with Gasteiger partial charge >= 0.3 is 5.97 Å². The third-order valence-corrected chi connectivity index (χ3v) is 4.21. The molecule has 0 aliphatic heterocycles. The smallest absolute Gasteiger partial charge is 0.309 e. The van der Waals surface area contributed by atoms with Gasteiger partial charge in [0.2, 0.25) is 0 Å². The lowest BCUT2D eigenvalue weighted by Gasteiger charge is -2.02. The Morgan fingerprint density at radius 2 is 1.35 bits per heavy atom. The van der Waals surface area contributed by atoms with Crippen molar-refractivity contribution >= 4 is 18.6 Å². The fourth-order valence-electron chi connectivity index (χ4n) is 2.62. The van der Waals surface area contributed by atoms with Crippen molar-refractivity contribution in [3.63, 3.8) is 0 Å². The number of carbonyl (C=O) groups excluding carboxylic acids is 1. The van der Waals surface area contributed by atoms with Gasteiger partial charge in [0.25, 0.3) is 0 Å². The summed E-state index contributed by atoms with van der Waals surface area (Å²) in [4.78, 5) is 11.2. The van der Waals surface area contributed by atoms with Crippen LogP contribution in [-0.2, 0) is 9.53 Å². The molecule has 136 valence electrons. The number of thiol groups is 1. The van der Waals surface area contributed by atoms with Gasteiger partial charge in [-0.2, -0.15) is 12.6 Å². The Hall–Kier alpha value is -0.440. The number of unbranched alkanes of at least 4 members (excludes halogenated alkanes) is 12. The minimum absolute atomic E-state index is 0.148. The van der Waals surface area contributed by atoms with Gasteiger partial charge in [0, 0.05) is 5.75 Å². The summed E-state index contributed by atoms with van der Waals surface area (Å²) in [6, 6.07) is 0. The number of carbonyl (C=O) groups is 1. The zero-order chi connectivity index (χ0) is 17.0. The lowest BCUT2D eigenvalue weighted by Crippen LogP contribution is -2.04. The van der Waals surface area contributed by atoms with Gasteiger partial charge in [0.05, 0.1) is 6.42 Å². The minimum Gasteiger partial charge on any atom is -0.465 e. The van der Waals surface area contributed by atoms with Crippen molar-refractivity contribution in [1.82, 2.24) is 0 Å². The Morgan fingerprint density at radius 1 is 0.826 bits per heavy atom. The highest BCUT2D eigenvalue weighted by molar-refractivity contribution is 7.80. The van der Waals surface area contributed by atoms with E-state index in [4.69, 9.17) is 4.74 Å². The quantitative estimate of drug-likeness (QED) is 0.141. The first-order valence-corrected chi connectivity index (χ1v) is 10.4. The number of hydrogen-bond donors (Lipinski definition) is 1. The summed E-state index contributed by atoms with van der Waals surface area (Å²) in [6.07, 6.45) is 22.1. The maximum Gasteiger partial charge on any atom is 0.309 e. The third-order valence-electron chi connectivity index (χ3n) is 4.03. The lowest BCUT2D eigenvalue weighted by molar-refractivity contribution is -0.141. The summed E-state index contributed by atoms with van der Waals surface area (Å²) in [5, 5.41) is 0. The van der Waals surface area contributed by atoms with Crippen molar-refractivity contribution < 1.29 is 9.53 Å². The molecule has 0 atom stereocenters. The number of allylic oxidation sites excluding steroid dienone is 1. The fraction of sp³-hybridized carbons (Fsp3) is 0.850. The fourth-order valence-corrected chi connectivity index (χ4v) is 2.71. The van der Waals surface area contributed by atoms with Crippen LogP contribution < -0.4 is 0 Å². The summed E-state index contributed by atoms with van der Waals surface area (Å²) >= 11 is 4.00. The zero-order valence-corrected chi connectivity index (χ0v) is 16.1. The molecule has 0 bridgehead atoms. The molecule has 0 aromatic carbocycles. The molecule has 0 saturated carbocycles. The molecule has 0 aromatic rings. The van der Waals surface area contributed by atoms with Crippen LogP contribution in [0.15, 0.2) is 12.2 Å². The topological polar surface area (TPSA) is 26.3 Å². The van der Waals surface area contributed by atoms with E-state index in [1.807, 2.05) is 6.08 Å². The van der Waals surface area contributed by atoms with Gasteiger partial charge in [-0.3, -0.25) is 4.79 Å². The summed E-state index contributed by atoms with van der Waals surface area (Å²) in [5.74, 6) is 0.443. The molecular formula is C20H38O2S. The van der Waals surface area contributed by atoms with E-state index >= 15 is 0 Å². The van der Waals surface area contributed by atoms with E-state index < -0.39 is 0 Å². The molecule has 0 heterocycles. The molecule has 0 aliphatic carbocycles. The van der Waals surface area contributed by atoms with Gasteiger partial charge in [-0.25, -0.2) is 0 Å². The molecule has 0 unspecified atom stereocenters. The monoisotopic (exact) mass is 342 g/mol. The summed E-state index contributed by atoms with van der Waals surface area (Å²) in [5.41, 5.74) is 0. The standard InChI is InChI=1S/C20H38O2S/c1-2-3-4-5-6-7-8-9-10-11-12-13-14-15-16-17-20(21)22-18-19-23/h15-16,23H,2-14,17-19H2,1H3/b16-15+. The first-order valence-electron chi connectivity index (χ1n) is 9.72. The van der Waals surface area contributed by atoms with Gasteiger partial charge in [-0.1, -0.05) is 89.7 Å². The molecule has 0 rings (SSSR count). The summed E-state index contributed by atoms with van der Waals surface area (Å²) in [6.45, 7) is 2.68. The number of esters is 1. The SMILES string of the molecule is CCCCCCCCCCCCCC/C=C/CC(=O)OCCS. The molecule has 0 saturated heterocycles. The van der Waals surface area contributed by atoms with E-state index in [-0.39, 0.29) is 5.97 Å². The second-order valence-corrected chi connectivity index (χ2v) is 6.74. The predicted octanol–water partition coefficient (Wildman–Crippen LogP) is 6.50. The number of ether oxygens (including phenoxy) is 1. The van der Waals surface area contributed by atoms with Crippen LogP contribution in [-0.4, -0.2) is 18.3 Å². The molecule has 0 spiro atoms. The van der Waals surface area contributed by atoms with Crippen molar-refractivity contribution in [3.05, 3.63) is 12.2 Å². The van der Waals surface area contributed by atoms with Crippen LogP contribution in [0.5, 0.6) is 0 Å². The molecule has 0 aromatic heterocycles. The van der Waals surface area contributed by atoms with Crippen LogP contribution in [0.3, 0.4) is 0 Å². The summed E-state index contributed by atoms with van der Waals surface area (Å²) < 4.78 is 4.94. The first-order chi connectivity index (χ1) is 11.3. The van der Waals surface area contributed by atoms with Crippen LogP contribution in [0.4, 0.5) is 0 Å². The van der Waals surface area contributed by atoms with Crippen molar-refractivity contribution in [2.24, 2.45) is 0 Å². The van der Waals surface area contributed by atoms with E-state index in [1.54, 1.807) is 0 Å². The zero-order valence-electron chi connectivity index (χ0n) is 15.2. The highest BCUT2D eigenvalue weighted by atomic mass is 32.1. The van der Waals surface area contributed by atoms with E-state index in [0.717, 1.165) is 6.42 Å². The highest BCUT2D eigenvalue weighted by Crippen LogP contribution is 2.12. The average Bonchev–Trinajstić information content (AvgIpc) is 2.56. The molecule has 0 fully saturated rings. The van der Waals surface area contributed by atoms with Crippen LogP contribution >= 0.6 is 12.6 Å². The maximum atomic E-state index is 11.2. The van der Waals surface area contributed by atoms with Gasteiger partial charge in [-0.05, 0) is 12.8 Å². The number of hydrogen-bond acceptors (Lipinski definition) is 3. The Bertz CT molecular complexity index is 277. The van der Waals surface area contributed by atoms with Crippen LogP contribution in [0, 0.1) is 0 Å². The normalized spacial score (nSPS) is 11.2. The minimum atomic E-state index is -0.148. The molecule has 3 heteroatoms. The Balaban J connectivity index is 3.14. The predicted molar refractivity (Wildman–Crippen MR) is 104 cm³/mol. The molecule has 23 heavy (non-hydrogen) atoms. The van der Waals surface area contributed by atoms with Gasteiger partial charge in [0.1, 0.15) is 6.61 Å². The molecule has 0 N–H and O–H groups in total. The summed E-state index contributed by atoms with van der Waals surface area (Å²) in [7, 11) is 0. The third kappa shape index (κ3) is 19.5. The van der Waals surface area contributed by atoms with Gasteiger partial charge < -0.3 is 4.74 Å². The Labute approximate surface area is 149 Å². The molecular weight excluding hydrogens is 304 g/mol. The van der Waals surface area contributed by atoms with E-state index in [9.17, 15) is 4.79 Å². The van der Waals surface area contributed by atoms with Gasteiger partial charge in [0.15, 0.2) is 0 Å². The van der Waals surface area contributed by atoms with Crippen molar-refractivity contribution in [3.8, 4) is 0 Å². The number of rotatable bonds is 17. The van der Waals surface area contributed by atoms with Crippen molar-refractivity contribution in [1.29, 1.82) is 0 Å². The van der Waals surface area contributed by atoms with Crippen LogP contribution in [0.25, 0.3) is 0 Å². The molecule has 2 nitrogen and oxygen atoms in total. The maximum absolute atomic E-state index is 11.2. The Morgan fingerprint density at radius 3 is 1.87 bits per heavy atom. The highest BCUT2D eigenvalue weighted by Gasteiger charge is 1.97. The van der Waals surface area contributed by atoms with E-state index in [2.05, 4.69) is 25.6 Å². The molecule has 0 aliphatic rings.